The van der Waals surface area contributed by atoms with Crippen LogP contribution in [-0.4, -0.2) is 51.6 Å². The number of halogens is 5. The molecule has 4 aliphatic rings. The first-order chi connectivity index (χ1) is 29.6. The van der Waals surface area contributed by atoms with Crippen LogP contribution in [-0.2, 0) is 30.8 Å². The number of hydrogen-bond donors (Lipinski definition) is 2. The first kappa shape index (κ1) is 40.9. The van der Waals surface area contributed by atoms with Crippen molar-refractivity contribution in [3.63, 3.8) is 0 Å². The summed E-state index contributed by atoms with van der Waals surface area (Å²) in [6.45, 7) is 0. The molecule has 9 rings (SSSR count). The van der Waals surface area contributed by atoms with E-state index in [2.05, 4.69) is 10.4 Å². The van der Waals surface area contributed by atoms with E-state index in [-0.39, 0.29) is 35.8 Å². The van der Waals surface area contributed by atoms with Gasteiger partial charge in [0.15, 0.2) is 23.1 Å². The number of amides is 4. The molecule has 3 fully saturated rings. The lowest BCUT2D eigenvalue weighted by Gasteiger charge is -2.50. The molecule has 2 N–H and O–H groups in total. The Kier molecular flexibility index (Phi) is 9.98. The Hall–Kier alpha value is -6.51. The Morgan fingerprint density at radius 2 is 1.56 bits per heavy atom. The predicted octanol–water partition coefficient (Wildman–Crippen LogP) is 8.54. The van der Waals surface area contributed by atoms with E-state index in [0.717, 1.165) is 4.90 Å². The van der Waals surface area contributed by atoms with Crippen LogP contribution >= 0.6 is 23.2 Å². The summed E-state index contributed by atoms with van der Waals surface area (Å²) in [6.07, 6.45) is -2.45. The molecular formula is C46H33Cl2F3N4O7. The number of ketones is 1. The number of anilines is 2. The molecule has 0 radical (unpaired) electrons. The predicted molar refractivity (Wildman–Crippen MR) is 220 cm³/mol. The van der Waals surface area contributed by atoms with Crippen molar-refractivity contribution in [2.24, 2.45) is 23.7 Å². The summed E-state index contributed by atoms with van der Waals surface area (Å²) in [6, 6.07) is 26.3. The fourth-order valence-electron chi connectivity index (χ4n) is 9.82. The second-order valence-corrected chi connectivity index (χ2v) is 16.4. The number of alkyl halides is 3. The summed E-state index contributed by atoms with van der Waals surface area (Å²) in [7, 11) is 1.37. The molecule has 2 aliphatic carbocycles. The van der Waals surface area contributed by atoms with Crippen molar-refractivity contribution < 1.29 is 47.0 Å². The third kappa shape index (κ3) is 6.34. The average Bonchev–Trinajstić information content (AvgIpc) is 3.64. The zero-order valence-corrected chi connectivity index (χ0v) is 33.9. The highest BCUT2D eigenvalue weighted by atomic mass is 35.5. The van der Waals surface area contributed by atoms with E-state index in [1.165, 1.54) is 31.4 Å². The monoisotopic (exact) mass is 880 g/mol. The first-order valence-electron chi connectivity index (χ1n) is 19.4. The number of carbonyl (C=O) groups is 5. The van der Waals surface area contributed by atoms with Gasteiger partial charge >= 0.3 is 6.18 Å². The van der Waals surface area contributed by atoms with Gasteiger partial charge in [-0.05, 0) is 84.5 Å². The minimum absolute atomic E-state index is 0.0946. The molecule has 4 aromatic carbocycles. The van der Waals surface area contributed by atoms with Crippen molar-refractivity contribution in [3.05, 3.63) is 159 Å². The number of nitrogens with zero attached hydrogens (tertiary/aromatic N) is 3. The number of aromatic hydroxyl groups is 1. The molecule has 1 saturated carbocycles. The number of fused-ring (bicyclic) bond motifs is 4. The van der Waals surface area contributed by atoms with Crippen molar-refractivity contribution in [1.82, 2.24) is 9.99 Å². The zero-order chi connectivity index (χ0) is 43.8. The number of benzene rings is 4. The van der Waals surface area contributed by atoms with Gasteiger partial charge in [0, 0.05) is 28.3 Å². The van der Waals surface area contributed by atoms with Crippen molar-refractivity contribution in [3.8, 4) is 11.5 Å². The number of aromatic nitrogens is 1. The van der Waals surface area contributed by atoms with Crippen LogP contribution in [0.3, 0.4) is 0 Å². The molecule has 5 aromatic rings. The summed E-state index contributed by atoms with van der Waals surface area (Å²) < 4.78 is 46.0. The van der Waals surface area contributed by atoms with Crippen molar-refractivity contribution in [2.45, 2.75) is 30.4 Å². The molecule has 2 saturated heterocycles. The fraction of sp³-hybridized carbons (Fsp3) is 0.217. The molecule has 0 spiro atoms. The Labute approximate surface area is 361 Å². The van der Waals surface area contributed by atoms with Crippen molar-refractivity contribution >= 4 is 64.1 Å². The third-order valence-electron chi connectivity index (χ3n) is 12.5. The fourth-order valence-corrected chi connectivity index (χ4v) is 10.2. The molecule has 11 nitrogen and oxygen atoms in total. The number of carbonyl (C=O) groups excluding carboxylic acids is 5. The zero-order valence-electron chi connectivity index (χ0n) is 32.4. The number of phenols is 1. The van der Waals surface area contributed by atoms with Crippen LogP contribution in [0.1, 0.15) is 51.4 Å². The van der Waals surface area contributed by atoms with Crippen LogP contribution in [0.25, 0.3) is 0 Å². The Bertz CT molecular complexity index is 2730. The summed E-state index contributed by atoms with van der Waals surface area (Å²) in [5, 5.41) is 11.7. The highest BCUT2D eigenvalue weighted by molar-refractivity contribution is 6.33. The molecule has 62 heavy (non-hydrogen) atoms. The van der Waals surface area contributed by atoms with E-state index in [4.69, 9.17) is 27.9 Å². The Morgan fingerprint density at radius 3 is 2.21 bits per heavy atom. The molecule has 1 aromatic heterocycles. The second kappa shape index (κ2) is 15.1. The average molecular weight is 882 g/mol. The van der Waals surface area contributed by atoms with E-state index in [0.29, 0.717) is 50.1 Å². The number of imide groups is 2. The molecule has 16 heteroatoms. The number of nitrogens with one attached hydrogen (secondary N) is 1. The lowest BCUT2D eigenvalue weighted by Crippen LogP contribution is -2.53. The van der Waals surface area contributed by atoms with Crippen LogP contribution in [0.15, 0.2) is 121 Å². The van der Waals surface area contributed by atoms with Crippen molar-refractivity contribution in [1.29, 1.82) is 0 Å². The Balaban J connectivity index is 1.16. The van der Waals surface area contributed by atoms with Gasteiger partial charge in [0.2, 0.25) is 11.8 Å². The van der Waals surface area contributed by atoms with Gasteiger partial charge in [-0.15, -0.1) is 0 Å². The van der Waals surface area contributed by atoms with Crippen LogP contribution in [0.5, 0.6) is 11.5 Å². The SMILES string of the molecule is COc1ccc(C2C3=CCC4C(=O)N(c5ccc(C(=O)c6ccccc6)cc5)C(=O)C4C3CC3C(=O)N(Nc4ncc(C(F)(F)F)cc4Cl)C(=O)C32c2ccc(Cl)cc2)cc1O. The minimum atomic E-state index is -4.78. The van der Waals surface area contributed by atoms with Crippen LogP contribution in [0.4, 0.5) is 24.7 Å². The summed E-state index contributed by atoms with van der Waals surface area (Å²) in [5.41, 5.74) is 2.02. The van der Waals surface area contributed by atoms with Crippen LogP contribution < -0.4 is 15.1 Å². The number of ether oxygens (including phenoxy) is 1. The van der Waals surface area contributed by atoms with Gasteiger partial charge in [-0.2, -0.15) is 18.2 Å². The molecule has 0 bridgehead atoms. The number of methoxy groups -OCH3 is 1. The molecule has 3 heterocycles. The summed E-state index contributed by atoms with van der Waals surface area (Å²) >= 11 is 12.6. The normalized spacial score (nSPS) is 24.4. The third-order valence-corrected chi connectivity index (χ3v) is 13.1. The van der Waals surface area contributed by atoms with E-state index < -0.39 is 81.2 Å². The number of rotatable bonds is 8. The smallest absolute Gasteiger partial charge is 0.417 e. The van der Waals surface area contributed by atoms with Gasteiger partial charge in [0.05, 0.1) is 46.6 Å². The van der Waals surface area contributed by atoms with Gasteiger partial charge in [-0.25, -0.2) is 4.98 Å². The van der Waals surface area contributed by atoms with Crippen LogP contribution in [0, 0.1) is 23.7 Å². The van der Waals surface area contributed by atoms with E-state index in [1.807, 2.05) is 6.08 Å². The van der Waals surface area contributed by atoms with Gasteiger partial charge in [-0.1, -0.05) is 83.4 Å². The molecule has 314 valence electrons. The van der Waals surface area contributed by atoms with E-state index in [9.17, 15) is 37.5 Å². The summed E-state index contributed by atoms with van der Waals surface area (Å²) in [5.74, 6) is -8.32. The molecule has 2 aliphatic heterocycles. The maximum absolute atomic E-state index is 15.4. The highest BCUT2D eigenvalue weighted by Gasteiger charge is 2.70. The summed E-state index contributed by atoms with van der Waals surface area (Å²) in [4.78, 5) is 77.5. The van der Waals surface area contributed by atoms with Gasteiger partial charge < -0.3 is 9.84 Å². The number of hydrazine groups is 1. The number of allylic oxidation sites excluding steroid dienone is 2. The highest BCUT2D eigenvalue weighted by Crippen LogP contribution is 2.64. The molecular weight excluding hydrogens is 848 g/mol. The van der Waals surface area contributed by atoms with Crippen molar-refractivity contribution in [2.75, 3.05) is 17.4 Å². The standard InChI is InChI=1S/C46H33Cl2F3N4O7/c1-62-36-18-9-25(19-35(36)56)38-30-16-17-31-37(43(60)54(41(31)58)29-14-7-24(8-15-29)39(57)23-5-3-2-4-6-23)32(30)21-33-42(59)55(44(61)45(33,38)26-10-12-28(47)13-11-26)53-40-34(48)20-27(22-52-40)46(49,50)51/h2-16,18-20,22,31-33,37-38,56H,17,21H2,1H3,(H,52,53). The number of pyridine rings is 1. The van der Waals surface area contributed by atoms with Gasteiger partial charge in [0.25, 0.3) is 11.8 Å². The van der Waals surface area contributed by atoms with Gasteiger partial charge in [0.1, 0.15) is 0 Å². The maximum Gasteiger partial charge on any atom is 0.417 e. The molecule has 4 amide bonds. The quantitative estimate of drug-likeness (QED) is 0.0890. The molecule has 6 unspecified atom stereocenters. The largest absolute Gasteiger partial charge is 0.504 e. The van der Waals surface area contributed by atoms with E-state index >= 15 is 4.79 Å². The topological polar surface area (TPSA) is 146 Å². The minimum Gasteiger partial charge on any atom is -0.504 e. The number of phenolic OH excluding ortho intramolecular Hbond substituents is 1. The first-order valence-corrected chi connectivity index (χ1v) is 20.2. The van der Waals surface area contributed by atoms with Gasteiger partial charge in [-0.3, -0.25) is 34.3 Å². The Morgan fingerprint density at radius 1 is 0.871 bits per heavy atom. The lowest BCUT2D eigenvalue weighted by molar-refractivity contribution is -0.139. The maximum atomic E-state index is 15.4. The lowest BCUT2D eigenvalue weighted by atomic mass is 9.49. The number of hydrogen-bond acceptors (Lipinski definition) is 9. The van der Waals surface area contributed by atoms with E-state index in [1.54, 1.807) is 72.8 Å². The van der Waals surface area contributed by atoms with Crippen LogP contribution in [0.2, 0.25) is 10.0 Å². The second-order valence-electron chi connectivity index (χ2n) is 15.6. The molecule has 6 atom stereocenters.